The molecule has 5 nitrogen and oxygen atoms in total. The molecule has 0 unspecified atom stereocenters. The molecule has 0 aliphatic carbocycles. The summed E-state index contributed by atoms with van der Waals surface area (Å²) in [5.74, 6) is -6.49. The van der Waals surface area contributed by atoms with Crippen LogP contribution in [-0.2, 0) is 5.92 Å². The maximum absolute atomic E-state index is 12.8. The van der Waals surface area contributed by atoms with Crippen LogP contribution in [0.3, 0.4) is 0 Å². The van der Waals surface area contributed by atoms with Gasteiger partial charge < -0.3 is 9.63 Å². The first-order valence-corrected chi connectivity index (χ1v) is 3.42. The van der Waals surface area contributed by atoms with Crippen molar-refractivity contribution < 1.29 is 23.2 Å². The van der Waals surface area contributed by atoms with Gasteiger partial charge in [0.25, 0.3) is 11.7 Å². The molecule has 0 saturated heterocycles. The third-order valence-electron chi connectivity index (χ3n) is 1.37. The van der Waals surface area contributed by atoms with E-state index >= 15 is 0 Å². The van der Waals surface area contributed by atoms with Crippen molar-refractivity contribution in [3.63, 3.8) is 0 Å². The van der Waals surface area contributed by atoms with Gasteiger partial charge >= 0.3 is 11.9 Å². The van der Waals surface area contributed by atoms with Crippen molar-refractivity contribution >= 4 is 5.97 Å². The van der Waals surface area contributed by atoms with E-state index in [1.54, 1.807) is 0 Å². The van der Waals surface area contributed by atoms with Gasteiger partial charge in [-0.3, -0.25) is 0 Å². The number of rotatable bonds is 3. The smallest absolute Gasteiger partial charge is 0.377 e. The Balaban J connectivity index is 2.98. The number of nitrogens with zero attached hydrogens (tertiary/aromatic N) is 2. The van der Waals surface area contributed by atoms with Crippen molar-refractivity contribution in [1.29, 1.82) is 0 Å². The summed E-state index contributed by atoms with van der Waals surface area (Å²) < 4.78 is 29.6. The molecule has 0 amide bonds. The second kappa shape index (κ2) is 3.08. The zero-order valence-electron chi connectivity index (χ0n) is 6.62. The second-order valence-electron chi connectivity index (χ2n) is 2.29. The molecule has 1 aromatic rings. The highest BCUT2D eigenvalue weighted by atomic mass is 19.3. The molecule has 1 rings (SSSR count). The molecule has 13 heavy (non-hydrogen) atoms. The van der Waals surface area contributed by atoms with Crippen LogP contribution in [0.5, 0.6) is 0 Å². The molecule has 0 bridgehead atoms. The minimum atomic E-state index is -3.26. The van der Waals surface area contributed by atoms with Gasteiger partial charge in [-0.15, -0.1) is 0 Å². The maximum Gasteiger partial charge on any atom is 0.377 e. The number of carboxylic acid groups (broad SMARTS) is 1. The van der Waals surface area contributed by atoms with Gasteiger partial charge in [-0.2, -0.15) is 13.8 Å². The van der Waals surface area contributed by atoms with E-state index in [4.69, 9.17) is 5.11 Å². The normalized spacial score (nSPS) is 11.6. The quantitative estimate of drug-likeness (QED) is 0.780. The Bertz CT molecular complexity index is 323. The molecule has 0 atom stereocenters. The van der Waals surface area contributed by atoms with Crippen molar-refractivity contribution in [3.8, 4) is 0 Å². The van der Waals surface area contributed by atoms with Crippen LogP contribution in [0, 0.1) is 0 Å². The molecule has 1 aromatic heterocycles. The maximum atomic E-state index is 12.8. The van der Waals surface area contributed by atoms with E-state index in [-0.39, 0.29) is 0 Å². The van der Waals surface area contributed by atoms with Gasteiger partial charge in [-0.25, -0.2) is 4.79 Å². The second-order valence-corrected chi connectivity index (χ2v) is 2.29. The van der Waals surface area contributed by atoms with E-state index < -0.39 is 30.0 Å². The minimum Gasteiger partial charge on any atom is -0.475 e. The Morgan fingerprint density at radius 2 is 2.31 bits per heavy atom. The topological polar surface area (TPSA) is 76.2 Å². The minimum absolute atomic E-state index is 0.520. The summed E-state index contributed by atoms with van der Waals surface area (Å²) in [4.78, 5) is 13.2. The average molecular weight is 192 g/mol. The molecule has 0 aliphatic rings. The van der Waals surface area contributed by atoms with Crippen LogP contribution in [-0.4, -0.2) is 21.2 Å². The number of halogens is 2. The number of aromatic carboxylic acids is 1. The summed E-state index contributed by atoms with van der Waals surface area (Å²) in [6, 6.07) is 0. The van der Waals surface area contributed by atoms with Gasteiger partial charge in [0.15, 0.2) is 0 Å². The first-order chi connectivity index (χ1) is 5.97. The van der Waals surface area contributed by atoms with Crippen LogP contribution in [0.2, 0.25) is 0 Å². The molecule has 0 fully saturated rings. The zero-order valence-corrected chi connectivity index (χ0v) is 6.62. The Kier molecular flexibility index (Phi) is 2.26. The average Bonchev–Trinajstić information content (AvgIpc) is 2.52. The van der Waals surface area contributed by atoms with Gasteiger partial charge in [0.05, 0.1) is 0 Å². The lowest BCUT2D eigenvalue weighted by Gasteiger charge is -2.06. The zero-order chi connectivity index (χ0) is 10.1. The van der Waals surface area contributed by atoms with Crippen LogP contribution in [0.25, 0.3) is 0 Å². The van der Waals surface area contributed by atoms with Crippen LogP contribution in [0.1, 0.15) is 29.9 Å². The molecule has 1 N–H and O–H groups in total. The number of alkyl halides is 2. The van der Waals surface area contributed by atoms with E-state index in [1.165, 1.54) is 6.92 Å². The third kappa shape index (κ3) is 1.79. The summed E-state index contributed by atoms with van der Waals surface area (Å²) in [5, 5.41) is 11.2. The molecule has 0 radical (unpaired) electrons. The predicted molar refractivity (Wildman–Crippen MR) is 35.4 cm³/mol. The van der Waals surface area contributed by atoms with Gasteiger partial charge in [0.2, 0.25) is 0 Å². The van der Waals surface area contributed by atoms with E-state index in [1.807, 2.05) is 0 Å². The number of hydrogen-bond acceptors (Lipinski definition) is 4. The van der Waals surface area contributed by atoms with Crippen LogP contribution in [0.15, 0.2) is 4.52 Å². The highest BCUT2D eigenvalue weighted by Gasteiger charge is 2.36. The van der Waals surface area contributed by atoms with E-state index in [0.29, 0.717) is 0 Å². The summed E-state index contributed by atoms with van der Waals surface area (Å²) in [6.45, 7) is 1.23. The van der Waals surface area contributed by atoms with Crippen molar-refractivity contribution in [2.45, 2.75) is 19.3 Å². The van der Waals surface area contributed by atoms with Crippen molar-refractivity contribution in [2.75, 3.05) is 0 Å². The van der Waals surface area contributed by atoms with Gasteiger partial charge in [0, 0.05) is 6.42 Å². The Hall–Kier alpha value is -1.53. The molecule has 0 saturated carbocycles. The van der Waals surface area contributed by atoms with E-state index in [9.17, 15) is 13.6 Å². The Morgan fingerprint density at radius 3 is 2.69 bits per heavy atom. The number of carboxylic acids is 1. The molecule has 0 aromatic carbocycles. The van der Waals surface area contributed by atoms with E-state index in [2.05, 4.69) is 14.7 Å². The summed E-state index contributed by atoms with van der Waals surface area (Å²) >= 11 is 0. The SMILES string of the molecule is CCC(F)(F)c1nc(C(=O)O)no1. The fraction of sp³-hybridized carbons (Fsp3) is 0.500. The largest absolute Gasteiger partial charge is 0.475 e. The van der Waals surface area contributed by atoms with Gasteiger partial charge in [-0.1, -0.05) is 6.92 Å². The fourth-order valence-corrected chi connectivity index (χ4v) is 0.610. The standard InChI is InChI=1S/C6H6F2N2O3/c1-2-6(7,8)5-9-3(4(11)12)10-13-5/h2H2,1H3,(H,11,12). The molecule has 7 heteroatoms. The molecule has 0 aliphatic heterocycles. The Morgan fingerprint density at radius 1 is 1.69 bits per heavy atom. The molecule has 72 valence electrons. The predicted octanol–water partition coefficient (Wildman–Crippen LogP) is 1.27. The highest BCUT2D eigenvalue weighted by Crippen LogP contribution is 2.29. The number of carbonyl (C=O) groups is 1. The summed E-state index contributed by atoms with van der Waals surface area (Å²) in [6.07, 6.45) is -0.520. The molecular weight excluding hydrogens is 186 g/mol. The van der Waals surface area contributed by atoms with Crippen molar-refractivity contribution in [1.82, 2.24) is 10.1 Å². The number of hydrogen-bond donors (Lipinski definition) is 1. The fourth-order valence-electron chi connectivity index (χ4n) is 0.610. The van der Waals surface area contributed by atoms with Crippen LogP contribution in [0.4, 0.5) is 8.78 Å². The van der Waals surface area contributed by atoms with Crippen LogP contribution >= 0.6 is 0 Å². The summed E-state index contributed by atoms with van der Waals surface area (Å²) in [7, 11) is 0. The van der Waals surface area contributed by atoms with Crippen molar-refractivity contribution in [2.24, 2.45) is 0 Å². The lowest BCUT2D eigenvalue weighted by molar-refractivity contribution is -0.0391. The third-order valence-corrected chi connectivity index (χ3v) is 1.37. The lowest BCUT2D eigenvalue weighted by atomic mass is 10.2. The van der Waals surface area contributed by atoms with Crippen LogP contribution < -0.4 is 0 Å². The van der Waals surface area contributed by atoms with E-state index in [0.717, 1.165) is 0 Å². The summed E-state index contributed by atoms with van der Waals surface area (Å²) in [5.41, 5.74) is 0. The van der Waals surface area contributed by atoms with Gasteiger partial charge in [-0.05, 0) is 5.16 Å². The monoisotopic (exact) mass is 192 g/mol. The lowest BCUT2D eigenvalue weighted by Crippen LogP contribution is -2.12. The Labute approximate surface area is 71.4 Å². The number of aromatic nitrogens is 2. The van der Waals surface area contributed by atoms with Crippen molar-refractivity contribution in [3.05, 3.63) is 11.7 Å². The first-order valence-electron chi connectivity index (χ1n) is 3.42. The molecule has 1 heterocycles. The molecular formula is C6H6F2N2O3. The highest BCUT2D eigenvalue weighted by molar-refractivity contribution is 5.82. The van der Waals surface area contributed by atoms with Gasteiger partial charge in [0.1, 0.15) is 0 Å². The molecule has 0 spiro atoms. The first kappa shape index (κ1) is 9.56.